The molecule has 2 heterocycles. The maximum atomic E-state index is 14.5. The maximum absolute atomic E-state index is 14.5. The Morgan fingerprint density at radius 2 is 2.17 bits per heavy atom. The molecular formula is C16H12FN3O3. The number of imidazole rings is 1. The minimum absolute atomic E-state index is 0.0275. The summed E-state index contributed by atoms with van der Waals surface area (Å²) in [5, 5.41) is 9.39. The molecule has 0 amide bonds. The number of rotatable bonds is 4. The first-order valence-corrected chi connectivity index (χ1v) is 7.18. The Morgan fingerprint density at radius 1 is 1.35 bits per heavy atom. The number of hydrogen-bond donors (Lipinski definition) is 1. The van der Waals surface area contributed by atoms with Crippen molar-refractivity contribution in [2.45, 2.75) is 18.8 Å². The SMILES string of the molecule is O=C(O)c1c(Oc2cccc(C3CC3)c2F)nc2ncccn12. The van der Waals surface area contributed by atoms with E-state index >= 15 is 0 Å². The first kappa shape index (κ1) is 13.7. The van der Waals surface area contributed by atoms with E-state index < -0.39 is 11.8 Å². The molecule has 116 valence electrons. The second-order valence-electron chi connectivity index (χ2n) is 5.40. The molecule has 1 saturated carbocycles. The summed E-state index contributed by atoms with van der Waals surface area (Å²) in [6.45, 7) is 0. The van der Waals surface area contributed by atoms with Gasteiger partial charge in [0.05, 0.1) is 0 Å². The number of nitrogens with zero attached hydrogens (tertiary/aromatic N) is 3. The Morgan fingerprint density at radius 3 is 2.91 bits per heavy atom. The van der Waals surface area contributed by atoms with Crippen molar-refractivity contribution in [3.8, 4) is 11.6 Å². The highest BCUT2D eigenvalue weighted by atomic mass is 19.1. The average molecular weight is 313 g/mol. The van der Waals surface area contributed by atoms with E-state index in [2.05, 4.69) is 9.97 Å². The molecule has 1 aliphatic rings. The van der Waals surface area contributed by atoms with Crippen molar-refractivity contribution in [1.82, 2.24) is 14.4 Å². The molecule has 7 heteroatoms. The molecule has 4 rings (SSSR count). The zero-order chi connectivity index (χ0) is 16.0. The van der Waals surface area contributed by atoms with E-state index in [-0.39, 0.29) is 29.0 Å². The average Bonchev–Trinajstić information content (AvgIpc) is 3.29. The van der Waals surface area contributed by atoms with Gasteiger partial charge in [-0.05, 0) is 36.5 Å². The van der Waals surface area contributed by atoms with Crippen LogP contribution in [0.25, 0.3) is 5.78 Å². The van der Waals surface area contributed by atoms with Crippen LogP contribution in [-0.4, -0.2) is 25.4 Å². The molecule has 0 radical (unpaired) electrons. The van der Waals surface area contributed by atoms with Gasteiger partial charge in [-0.25, -0.2) is 14.2 Å². The molecule has 0 bridgehead atoms. The predicted molar refractivity (Wildman–Crippen MR) is 78.4 cm³/mol. The topological polar surface area (TPSA) is 76.7 Å². The van der Waals surface area contributed by atoms with E-state index in [1.165, 1.54) is 22.9 Å². The van der Waals surface area contributed by atoms with Crippen LogP contribution >= 0.6 is 0 Å². The van der Waals surface area contributed by atoms with E-state index in [0.29, 0.717) is 5.56 Å². The Balaban J connectivity index is 1.80. The number of fused-ring (bicyclic) bond motifs is 1. The monoisotopic (exact) mass is 313 g/mol. The van der Waals surface area contributed by atoms with Crippen molar-refractivity contribution in [2.75, 3.05) is 0 Å². The lowest BCUT2D eigenvalue weighted by atomic mass is 10.1. The lowest BCUT2D eigenvalue weighted by Gasteiger charge is -2.08. The third-order valence-corrected chi connectivity index (χ3v) is 3.79. The van der Waals surface area contributed by atoms with Gasteiger partial charge in [0.15, 0.2) is 17.3 Å². The smallest absolute Gasteiger partial charge is 0.358 e. The van der Waals surface area contributed by atoms with E-state index in [1.807, 2.05) is 0 Å². The summed E-state index contributed by atoms with van der Waals surface area (Å²) in [6, 6.07) is 6.47. The Labute approximate surface area is 130 Å². The second kappa shape index (κ2) is 5.05. The van der Waals surface area contributed by atoms with E-state index in [1.54, 1.807) is 18.2 Å². The summed E-state index contributed by atoms with van der Waals surface area (Å²) in [5.41, 5.74) is 0.408. The predicted octanol–water partition coefficient (Wildman–Crippen LogP) is 3.24. The molecule has 1 fully saturated rings. The first-order chi connectivity index (χ1) is 11.1. The van der Waals surface area contributed by atoms with Crippen LogP contribution in [0.1, 0.15) is 34.8 Å². The molecule has 3 aromatic rings. The fourth-order valence-corrected chi connectivity index (χ4v) is 2.55. The Kier molecular flexibility index (Phi) is 3.00. The number of ether oxygens (including phenoxy) is 1. The highest BCUT2D eigenvalue weighted by Gasteiger charge is 2.29. The highest BCUT2D eigenvalue weighted by molar-refractivity contribution is 5.89. The van der Waals surface area contributed by atoms with Crippen LogP contribution in [0, 0.1) is 5.82 Å². The van der Waals surface area contributed by atoms with Crippen molar-refractivity contribution in [3.05, 3.63) is 53.7 Å². The first-order valence-electron chi connectivity index (χ1n) is 7.18. The molecule has 0 spiro atoms. The summed E-state index contributed by atoms with van der Waals surface area (Å²) in [5.74, 6) is -1.49. The molecule has 1 aromatic carbocycles. The van der Waals surface area contributed by atoms with Crippen molar-refractivity contribution < 1.29 is 19.0 Å². The van der Waals surface area contributed by atoms with Gasteiger partial charge in [0, 0.05) is 12.4 Å². The highest BCUT2D eigenvalue weighted by Crippen LogP contribution is 2.43. The number of carboxylic acid groups (broad SMARTS) is 1. The number of benzene rings is 1. The van der Waals surface area contributed by atoms with Crippen LogP contribution in [0.5, 0.6) is 11.6 Å². The molecule has 0 saturated heterocycles. The molecule has 0 unspecified atom stereocenters. The molecule has 0 atom stereocenters. The molecule has 2 aromatic heterocycles. The third-order valence-electron chi connectivity index (χ3n) is 3.79. The summed E-state index contributed by atoms with van der Waals surface area (Å²) in [6.07, 6.45) is 4.92. The lowest BCUT2D eigenvalue weighted by molar-refractivity contribution is 0.0686. The van der Waals surface area contributed by atoms with Gasteiger partial charge in [-0.1, -0.05) is 12.1 Å². The van der Waals surface area contributed by atoms with Crippen LogP contribution < -0.4 is 4.74 Å². The molecule has 23 heavy (non-hydrogen) atoms. The molecule has 6 nitrogen and oxygen atoms in total. The Bertz CT molecular complexity index is 918. The number of carboxylic acids is 1. The molecule has 1 aliphatic carbocycles. The van der Waals surface area contributed by atoms with Crippen molar-refractivity contribution in [2.24, 2.45) is 0 Å². The van der Waals surface area contributed by atoms with Gasteiger partial charge in [-0.3, -0.25) is 4.40 Å². The summed E-state index contributed by atoms with van der Waals surface area (Å²) >= 11 is 0. The van der Waals surface area contributed by atoms with E-state index in [4.69, 9.17) is 4.74 Å². The largest absolute Gasteiger partial charge is 0.476 e. The number of carbonyl (C=O) groups is 1. The number of halogens is 1. The number of aromatic carboxylic acids is 1. The van der Waals surface area contributed by atoms with Crippen molar-refractivity contribution in [1.29, 1.82) is 0 Å². The van der Waals surface area contributed by atoms with Crippen LogP contribution in [0.15, 0.2) is 36.7 Å². The van der Waals surface area contributed by atoms with E-state index in [9.17, 15) is 14.3 Å². The normalized spacial score (nSPS) is 14.1. The summed E-state index contributed by atoms with van der Waals surface area (Å²) < 4.78 is 21.3. The maximum Gasteiger partial charge on any atom is 0.358 e. The van der Waals surface area contributed by atoms with Gasteiger partial charge < -0.3 is 9.84 Å². The van der Waals surface area contributed by atoms with E-state index in [0.717, 1.165) is 12.8 Å². The van der Waals surface area contributed by atoms with Crippen molar-refractivity contribution in [3.63, 3.8) is 0 Å². The molecular weight excluding hydrogens is 301 g/mol. The van der Waals surface area contributed by atoms with Crippen molar-refractivity contribution >= 4 is 11.7 Å². The standard InChI is InChI=1S/C16H12FN3O3/c17-12-10(9-5-6-9)3-1-4-11(12)23-14-13(15(21)22)20-8-2-7-18-16(20)19-14/h1-4,7-9H,5-6H2,(H,21,22). The van der Waals surface area contributed by atoms with Crippen LogP contribution in [0.2, 0.25) is 0 Å². The minimum atomic E-state index is -1.22. The van der Waals surface area contributed by atoms with Gasteiger partial charge in [0.25, 0.3) is 5.88 Å². The number of aromatic nitrogens is 3. The van der Waals surface area contributed by atoms with Gasteiger partial charge in [-0.15, -0.1) is 0 Å². The molecule has 0 aliphatic heterocycles. The van der Waals surface area contributed by atoms with Gasteiger partial charge >= 0.3 is 5.97 Å². The lowest BCUT2D eigenvalue weighted by Crippen LogP contribution is -2.04. The van der Waals surface area contributed by atoms with Crippen LogP contribution in [-0.2, 0) is 0 Å². The number of hydrogen-bond acceptors (Lipinski definition) is 4. The second-order valence-corrected chi connectivity index (χ2v) is 5.40. The van der Waals surface area contributed by atoms with Crippen LogP contribution in [0.3, 0.4) is 0 Å². The van der Waals surface area contributed by atoms with Gasteiger partial charge in [0.1, 0.15) is 0 Å². The fraction of sp³-hybridized carbons (Fsp3) is 0.188. The quantitative estimate of drug-likeness (QED) is 0.800. The Hall–Kier alpha value is -2.96. The summed E-state index contributed by atoms with van der Waals surface area (Å²) in [4.78, 5) is 19.5. The van der Waals surface area contributed by atoms with Gasteiger partial charge in [-0.2, -0.15) is 4.98 Å². The van der Waals surface area contributed by atoms with Crippen LogP contribution in [0.4, 0.5) is 4.39 Å². The zero-order valence-electron chi connectivity index (χ0n) is 11.9. The minimum Gasteiger partial charge on any atom is -0.476 e. The van der Waals surface area contributed by atoms with Gasteiger partial charge in [0.2, 0.25) is 5.78 Å². The summed E-state index contributed by atoms with van der Waals surface area (Å²) in [7, 11) is 0. The molecule has 1 N–H and O–H groups in total. The zero-order valence-corrected chi connectivity index (χ0v) is 11.9. The fourth-order valence-electron chi connectivity index (χ4n) is 2.55. The third kappa shape index (κ3) is 2.30.